The third-order valence-electron chi connectivity index (χ3n) is 3.85. The van der Waals surface area contributed by atoms with E-state index in [0.29, 0.717) is 6.17 Å². The summed E-state index contributed by atoms with van der Waals surface area (Å²) in [6.45, 7) is 0.994. The first-order valence-electron chi connectivity index (χ1n) is 6.91. The maximum atomic E-state index is 3.59. The second-order valence-corrected chi connectivity index (χ2v) is 6.12. The van der Waals surface area contributed by atoms with E-state index in [1.807, 2.05) is 0 Å². The highest BCUT2D eigenvalue weighted by atomic mass is 79.9. The molecule has 0 saturated carbocycles. The summed E-state index contributed by atoms with van der Waals surface area (Å²) in [4.78, 5) is 4.77. The van der Waals surface area contributed by atoms with Crippen LogP contribution in [0.5, 0.6) is 0 Å². The zero-order valence-corrected chi connectivity index (χ0v) is 13.5. The largest absolute Gasteiger partial charge is 0.350 e. The molecule has 0 N–H and O–H groups in total. The molecule has 1 heterocycles. The fraction of sp³-hybridized carbons (Fsp3) is 0.294. The van der Waals surface area contributed by atoms with Crippen LogP contribution >= 0.6 is 15.9 Å². The highest BCUT2D eigenvalue weighted by molar-refractivity contribution is 9.09. The quantitative estimate of drug-likeness (QED) is 0.781. The maximum Gasteiger partial charge on any atom is 0.108 e. The van der Waals surface area contributed by atoms with Crippen molar-refractivity contribution in [2.24, 2.45) is 0 Å². The van der Waals surface area contributed by atoms with Crippen molar-refractivity contribution in [2.75, 3.05) is 30.9 Å². The minimum Gasteiger partial charge on any atom is -0.350 e. The molecule has 0 saturated heterocycles. The zero-order valence-electron chi connectivity index (χ0n) is 11.9. The lowest BCUT2D eigenvalue weighted by molar-refractivity contribution is 0.288. The van der Waals surface area contributed by atoms with Crippen LogP contribution in [0.1, 0.15) is 11.7 Å². The van der Waals surface area contributed by atoms with Gasteiger partial charge in [0.2, 0.25) is 0 Å². The first-order chi connectivity index (χ1) is 9.74. The van der Waals surface area contributed by atoms with Crippen LogP contribution in [-0.4, -0.2) is 30.9 Å². The molecule has 0 amide bonds. The number of fused-ring (bicyclic) bond motifs is 3. The fourth-order valence-corrected chi connectivity index (χ4v) is 3.49. The first-order valence-corrected chi connectivity index (χ1v) is 8.03. The number of hydrogen-bond acceptors (Lipinski definition) is 2. The predicted octanol–water partition coefficient (Wildman–Crippen LogP) is 4.13. The number of nitrogens with zero attached hydrogens (tertiary/aromatic N) is 2. The Hall–Kier alpha value is -1.32. The molecule has 1 unspecified atom stereocenters. The monoisotopic (exact) mass is 330 g/mol. The average molecular weight is 331 g/mol. The van der Waals surface area contributed by atoms with Gasteiger partial charge in [0.1, 0.15) is 6.17 Å². The smallest absolute Gasteiger partial charge is 0.108 e. The van der Waals surface area contributed by atoms with Gasteiger partial charge in [-0.25, -0.2) is 0 Å². The van der Waals surface area contributed by atoms with E-state index in [-0.39, 0.29) is 0 Å². The van der Waals surface area contributed by atoms with E-state index in [1.54, 1.807) is 0 Å². The summed E-state index contributed by atoms with van der Waals surface area (Å²) < 4.78 is 0. The van der Waals surface area contributed by atoms with Crippen molar-refractivity contribution in [3.63, 3.8) is 0 Å². The van der Waals surface area contributed by atoms with Crippen LogP contribution < -0.4 is 4.90 Å². The van der Waals surface area contributed by atoms with Crippen molar-refractivity contribution in [2.45, 2.75) is 6.17 Å². The van der Waals surface area contributed by atoms with Crippen molar-refractivity contribution in [3.05, 3.63) is 54.1 Å². The summed E-state index contributed by atoms with van der Waals surface area (Å²) >= 11 is 3.59. The molecule has 0 spiro atoms. The summed E-state index contributed by atoms with van der Waals surface area (Å²) in [5.41, 5.74) is 5.40. The molecule has 1 aliphatic rings. The molecule has 0 bridgehead atoms. The Bertz CT molecular complexity index is 609. The molecule has 0 radical (unpaired) electrons. The van der Waals surface area contributed by atoms with E-state index in [2.05, 4.69) is 88.4 Å². The van der Waals surface area contributed by atoms with Gasteiger partial charge in [-0.15, -0.1) is 0 Å². The minimum atomic E-state index is 0.290. The molecule has 3 heteroatoms. The summed E-state index contributed by atoms with van der Waals surface area (Å²) in [5, 5.41) is 0.966. The predicted molar refractivity (Wildman–Crippen MR) is 89.4 cm³/mol. The standard InChI is InChI=1S/C17H19BrN2/c1-19(2)17-15-9-4-3-7-13(15)14-8-5-6-10-16(14)20(17)12-11-18/h3-10,17H,11-12H2,1-2H3. The molecule has 0 aliphatic carbocycles. The Morgan fingerprint density at radius 1 is 1.00 bits per heavy atom. The van der Waals surface area contributed by atoms with Gasteiger partial charge < -0.3 is 4.90 Å². The lowest BCUT2D eigenvalue weighted by atomic mass is 9.91. The minimum absolute atomic E-state index is 0.290. The van der Waals surface area contributed by atoms with E-state index < -0.39 is 0 Å². The Morgan fingerprint density at radius 2 is 1.65 bits per heavy atom. The number of hydrogen-bond donors (Lipinski definition) is 0. The van der Waals surface area contributed by atoms with Gasteiger partial charge >= 0.3 is 0 Å². The maximum absolute atomic E-state index is 3.59. The van der Waals surface area contributed by atoms with Gasteiger partial charge in [0.05, 0.1) is 0 Å². The summed E-state index contributed by atoms with van der Waals surface area (Å²) in [6, 6.07) is 17.4. The molecule has 20 heavy (non-hydrogen) atoms. The molecular formula is C17H19BrN2. The lowest BCUT2D eigenvalue weighted by Crippen LogP contribution is -2.41. The van der Waals surface area contributed by atoms with Crippen LogP contribution in [0.4, 0.5) is 5.69 Å². The van der Waals surface area contributed by atoms with Crippen molar-refractivity contribution in [1.82, 2.24) is 4.90 Å². The normalized spacial score (nSPS) is 17.0. The van der Waals surface area contributed by atoms with E-state index in [1.165, 1.54) is 22.4 Å². The van der Waals surface area contributed by atoms with Gasteiger partial charge in [0.25, 0.3) is 0 Å². The molecule has 0 aromatic heterocycles. The summed E-state index contributed by atoms with van der Waals surface area (Å²) in [5.74, 6) is 0. The molecular weight excluding hydrogens is 312 g/mol. The van der Waals surface area contributed by atoms with Gasteiger partial charge in [0, 0.05) is 23.1 Å². The van der Waals surface area contributed by atoms with Crippen molar-refractivity contribution < 1.29 is 0 Å². The van der Waals surface area contributed by atoms with E-state index >= 15 is 0 Å². The molecule has 0 fully saturated rings. The SMILES string of the molecule is CN(C)C1c2ccccc2-c2ccccc2N1CCBr. The topological polar surface area (TPSA) is 6.48 Å². The van der Waals surface area contributed by atoms with Crippen LogP contribution in [0.2, 0.25) is 0 Å². The highest BCUT2D eigenvalue weighted by Gasteiger charge is 2.31. The van der Waals surface area contributed by atoms with Crippen LogP contribution in [0.3, 0.4) is 0 Å². The van der Waals surface area contributed by atoms with Crippen molar-refractivity contribution in [1.29, 1.82) is 0 Å². The Labute approximate surface area is 129 Å². The molecule has 1 atom stereocenters. The molecule has 1 aliphatic heterocycles. The van der Waals surface area contributed by atoms with Gasteiger partial charge in [-0.3, -0.25) is 4.90 Å². The number of anilines is 1. The second-order valence-electron chi connectivity index (χ2n) is 5.32. The first kappa shape index (κ1) is 13.7. The van der Waals surface area contributed by atoms with Crippen LogP contribution in [-0.2, 0) is 0 Å². The number of rotatable bonds is 3. The van der Waals surface area contributed by atoms with E-state index in [4.69, 9.17) is 0 Å². The molecule has 2 nitrogen and oxygen atoms in total. The summed E-state index contributed by atoms with van der Waals surface area (Å²) in [7, 11) is 4.30. The fourth-order valence-electron chi connectivity index (χ4n) is 3.11. The second kappa shape index (κ2) is 5.58. The summed E-state index contributed by atoms with van der Waals surface area (Å²) in [6.07, 6.45) is 0.290. The zero-order chi connectivity index (χ0) is 14.1. The highest BCUT2D eigenvalue weighted by Crippen LogP contribution is 2.44. The van der Waals surface area contributed by atoms with Gasteiger partial charge in [0.15, 0.2) is 0 Å². The van der Waals surface area contributed by atoms with Crippen LogP contribution in [0.15, 0.2) is 48.5 Å². The third-order valence-corrected chi connectivity index (χ3v) is 4.21. The number of benzene rings is 2. The van der Waals surface area contributed by atoms with Crippen LogP contribution in [0.25, 0.3) is 11.1 Å². The number of alkyl halides is 1. The Kier molecular flexibility index (Phi) is 3.81. The van der Waals surface area contributed by atoms with Gasteiger partial charge in [-0.05, 0) is 31.3 Å². The lowest BCUT2D eigenvalue weighted by Gasteiger charge is -2.43. The van der Waals surface area contributed by atoms with Gasteiger partial charge in [-0.1, -0.05) is 58.4 Å². The Morgan fingerprint density at radius 3 is 2.35 bits per heavy atom. The number of para-hydroxylation sites is 1. The Balaban J connectivity index is 2.23. The molecule has 3 rings (SSSR count). The van der Waals surface area contributed by atoms with Gasteiger partial charge in [-0.2, -0.15) is 0 Å². The van der Waals surface area contributed by atoms with Crippen molar-refractivity contribution >= 4 is 21.6 Å². The average Bonchev–Trinajstić information content (AvgIpc) is 2.47. The van der Waals surface area contributed by atoms with Crippen LogP contribution in [0, 0.1) is 0 Å². The molecule has 2 aromatic carbocycles. The van der Waals surface area contributed by atoms with E-state index in [9.17, 15) is 0 Å². The van der Waals surface area contributed by atoms with Crippen molar-refractivity contribution in [3.8, 4) is 11.1 Å². The number of halogens is 1. The molecule has 2 aromatic rings. The third kappa shape index (κ3) is 2.15. The molecule has 104 valence electrons. The van der Waals surface area contributed by atoms with E-state index in [0.717, 1.165) is 11.9 Å².